The Hall–Kier alpha value is -1.80. The van der Waals surface area contributed by atoms with Gasteiger partial charge in [-0.2, -0.15) is 0 Å². The summed E-state index contributed by atoms with van der Waals surface area (Å²) in [5.74, 6) is 0.0733. The summed E-state index contributed by atoms with van der Waals surface area (Å²) in [5, 5.41) is 9.00. The molecule has 0 radical (unpaired) electrons. The normalized spacial score (nSPS) is 20.2. The minimum atomic E-state index is -1.05. The number of benzene rings is 1. The van der Waals surface area contributed by atoms with Crippen LogP contribution in [0.15, 0.2) is 16.6 Å². The lowest BCUT2D eigenvalue weighted by atomic mass is 10.1. The zero-order valence-corrected chi connectivity index (χ0v) is 13.9. The highest BCUT2D eigenvalue weighted by molar-refractivity contribution is 9.10. The molecule has 1 aromatic carbocycles. The second kappa shape index (κ2) is 6.76. The van der Waals surface area contributed by atoms with Crippen LogP contribution >= 0.6 is 15.9 Å². The molecule has 1 fully saturated rings. The van der Waals surface area contributed by atoms with E-state index in [-0.39, 0.29) is 25.5 Å². The molecule has 23 heavy (non-hydrogen) atoms. The van der Waals surface area contributed by atoms with Crippen molar-refractivity contribution in [3.8, 4) is 11.5 Å². The van der Waals surface area contributed by atoms with Gasteiger partial charge >= 0.3 is 5.97 Å². The molecule has 1 atom stereocenters. The molecule has 0 bridgehead atoms. The molecular formula is C15H16BrNO6. The van der Waals surface area contributed by atoms with Gasteiger partial charge in [-0.3, -0.25) is 4.79 Å². The van der Waals surface area contributed by atoms with Crippen LogP contribution in [-0.4, -0.2) is 60.9 Å². The Balaban J connectivity index is 1.71. The first-order valence-corrected chi connectivity index (χ1v) is 8.04. The van der Waals surface area contributed by atoms with E-state index in [0.717, 1.165) is 10.0 Å². The van der Waals surface area contributed by atoms with Crippen LogP contribution in [0.2, 0.25) is 0 Å². The topological polar surface area (TPSA) is 85.3 Å². The van der Waals surface area contributed by atoms with Gasteiger partial charge in [0, 0.05) is 11.0 Å². The second-order valence-electron chi connectivity index (χ2n) is 5.30. The molecule has 1 saturated heterocycles. The predicted octanol–water partition coefficient (Wildman–Crippen LogP) is 1.07. The van der Waals surface area contributed by atoms with Crippen LogP contribution in [0.25, 0.3) is 0 Å². The van der Waals surface area contributed by atoms with Crippen LogP contribution in [0.1, 0.15) is 5.56 Å². The summed E-state index contributed by atoms with van der Waals surface area (Å²) >= 11 is 3.44. The van der Waals surface area contributed by atoms with Gasteiger partial charge in [0.05, 0.1) is 19.6 Å². The fraction of sp³-hybridized carbons (Fsp3) is 0.467. The lowest BCUT2D eigenvalue weighted by Gasteiger charge is -2.31. The maximum Gasteiger partial charge on any atom is 0.334 e. The molecule has 2 aliphatic heterocycles. The third-order valence-corrected chi connectivity index (χ3v) is 4.49. The maximum absolute atomic E-state index is 12.4. The summed E-state index contributed by atoms with van der Waals surface area (Å²) in [5.41, 5.74) is 0.776. The fourth-order valence-corrected chi connectivity index (χ4v) is 3.00. The number of carbonyl (C=O) groups is 2. The van der Waals surface area contributed by atoms with Crippen molar-refractivity contribution in [2.75, 3.05) is 32.9 Å². The van der Waals surface area contributed by atoms with Gasteiger partial charge in [-0.1, -0.05) is 15.9 Å². The van der Waals surface area contributed by atoms with Gasteiger partial charge in [-0.05, 0) is 17.7 Å². The van der Waals surface area contributed by atoms with Gasteiger partial charge in [0.1, 0.15) is 13.2 Å². The van der Waals surface area contributed by atoms with Crippen molar-refractivity contribution < 1.29 is 28.9 Å². The average molecular weight is 386 g/mol. The van der Waals surface area contributed by atoms with Crippen LogP contribution in [-0.2, 0) is 20.7 Å². The van der Waals surface area contributed by atoms with Crippen molar-refractivity contribution in [1.29, 1.82) is 0 Å². The third-order valence-electron chi connectivity index (χ3n) is 3.75. The maximum atomic E-state index is 12.4. The van der Waals surface area contributed by atoms with E-state index >= 15 is 0 Å². The highest BCUT2D eigenvalue weighted by Gasteiger charge is 2.29. The molecule has 7 nitrogen and oxygen atoms in total. The van der Waals surface area contributed by atoms with Crippen molar-refractivity contribution in [2.45, 2.75) is 12.5 Å². The SMILES string of the molecule is O=C(O)C1CN(C(=O)Cc2cc3c(cc2Br)OCCO3)CCO1. The molecule has 8 heteroatoms. The lowest BCUT2D eigenvalue weighted by molar-refractivity contribution is -0.159. The number of fused-ring (bicyclic) bond motifs is 1. The molecule has 0 spiro atoms. The number of hydrogen-bond donors (Lipinski definition) is 1. The van der Waals surface area contributed by atoms with E-state index in [0.29, 0.717) is 31.3 Å². The summed E-state index contributed by atoms with van der Waals surface area (Å²) in [6.45, 7) is 1.67. The number of morpholine rings is 1. The highest BCUT2D eigenvalue weighted by atomic mass is 79.9. The Bertz CT molecular complexity index is 635. The Labute approximate surface area is 141 Å². The van der Waals surface area contributed by atoms with E-state index in [2.05, 4.69) is 15.9 Å². The summed E-state index contributed by atoms with van der Waals surface area (Å²) in [6.07, 6.45) is -0.805. The Morgan fingerprint density at radius 3 is 2.61 bits per heavy atom. The Morgan fingerprint density at radius 1 is 1.22 bits per heavy atom. The lowest BCUT2D eigenvalue weighted by Crippen LogP contribution is -2.49. The highest BCUT2D eigenvalue weighted by Crippen LogP contribution is 2.35. The monoisotopic (exact) mass is 385 g/mol. The third kappa shape index (κ3) is 3.59. The minimum Gasteiger partial charge on any atom is -0.486 e. The molecule has 3 rings (SSSR count). The van der Waals surface area contributed by atoms with Gasteiger partial charge in [-0.15, -0.1) is 0 Å². The largest absolute Gasteiger partial charge is 0.486 e. The minimum absolute atomic E-state index is 0.0658. The Morgan fingerprint density at radius 2 is 1.91 bits per heavy atom. The summed E-state index contributed by atoms with van der Waals surface area (Å²) in [6, 6.07) is 3.57. The zero-order chi connectivity index (χ0) is 16.4. The van der Waals surface area contributed by atoms with Gasteiger partial charge in [0.15, 0.2) is 17.6 Å². The summed E-state index contributed by atoms with van der Waals surface area (Å²) in [7, 11) is 0. The predicted molar refractivity (Wildman–Crippen MR) is 82.8 cm³/mol. The van der Waals surface area contributed by atoms with E-state index in [4.69, 9.17) is 19.3 Å². The van der Waals surface area contributed by atoms with E-state index in [9.17, 15) is 9.59 Å². The fourth-order valence-electron chi connectivity index (χ4n) is 2.54. The van der Waals surface area contributed by atoms with E-state index in [1.807, 2.05) is 0 Å². The molecule has 1 aromatic rings. The number of aliphatic carboxylic acids is 1. The molecule has 0 aromatic heterocycles. The number of carboxylic acid groups (broad SMARTS) is 1. The first-order valence-electron chi connectivity index (χ1n) is 7.25. The van der Waals surface area contributed by atoms with Gasteiger partial charge in [0.25, 0.3) is 0 Å². The van der Waals surface area contributed by atoms with Crippen LogP contribution in [0.3, 0.4) is 0 Å². The molecular weight excluding hydrogens is 370 g/mol. The van der Waals surface area contributed by atoms with E-state index < -0.39 is 12.1 Å². The van der Waals surface area contributed by atoms with Gasteiger partial charge in [-0.25, -0.2) is 4.79 Å². The number of halogens is 1. The quantitative estimate of drug-likeness (QED) is 0.837. The average Bonchev–Trinajstić information content (AvgIpc) is 2.55. The molecule has 1 unspecified atom stereocenters. The zero-order valence-electron chi connectivity index (χ0n) is 12.3. The number of hydrogen-bond acceptors (Lipinski definition) is 5. The summed E-state index contributed by atoms with van der Waals surface area (Å²) < 4.78 is 16.9. The number of ether oxygens (including phenoxy) is 3. The van der Waals surface area contributed by atoms with Crippen molar-refractivity contribution in [2.24, 2.45) is 0 Å². The van der Waals surface area contributed by atoms with E-state index in [1.165, 1.54) is 4.90 Å². The van der Waals surface area contributed by atoms with Gasteiger partial charge < -0.3 is 24.2 Å². The number of rotatable bonds is 3. The number of amides is 1. The molecule has 0 saturated carbocycles. The van der Waals surface area contributed by atoms with Crippen LogP contribution < -0.4 is 9.47 Å². The van der Waals surface area contributed by atoms with E-state index in [1.54, 1.807) is 12.1 Å². The molecule has 1 amide bonds. The molecule has 2 aliphatic rings. The van der Waals surface area contributed by atoms with Gasteiger partial charge in [0.2, 0.25) is 5.91 Å². The number of carbonyl (C=O) groups excluding carboxylic acids is 1. The first kappa shape index (κ1) is 16.1. The van der Waals surface area contributed by atoms with Crippen molar-refractivity contribution in [1.82, 2.24) is 4.90 Å². The number of carboxylic acids is 1. The van der Waals surface area contributed by atoms with Crippen molar-refractivity contribution in [3.63, 3.8) is 0 Å². The molecule has 2 heterocycles. The molecule has 0 aliphatic carbocycles. The standard InChI is InChI=1S/C15H16BrNO6/c16-10-7-12-11(22-3-4-23-12)5-9(10)6-14(18)17-1-2-21-13(8-17)15(19)20/h5,7,13H,1-4,6,8H2,(H,19,20). The van der Waals surface area contributed by atoms with Crippen molar-refractivity contribution >= 4 is 27.8 Å². The smallest absolute Gasteiger partial charge is 0.334 e. The molecule has 124 valence electrons. The molecule has 1 N–H and O–H groups in total. The number of nitrogens with zero attached hydrogens (tertiary/aromatic N) is 1. The first-order chi connectivity index (χ1) is 11.0. The van der Waals surface area contributed by atoms with Crippen LogP contribution in [0.4, 0.5) is 0 Å². The van der Waals surface area contributed by atoms with Crippen molar-refractivity contribution in [3.05, 3.63) is 22.2 Å². The van der Waals surface area contributed by atoms with Crippen LogP contribution in [0, 0.1) is 0 Å². The Kier molecular flexibility index (Phi) is 4.72. The summed E-state index contributed by atoms with van der Waals surface area (Å²) in [4.78, 5) is 25.0. The van der Waals surface area contributed by atoms with Crippen LogP contribution in [0.5, 0.6) is 11.5 Å². The second-order valence-corrected chi connectivity index (χ2v) is 6.16.